The van der Waals surface area contributed by atoms with Gasteiger partial charge in [-0.3, -0.25) is 0 Å². The molecule has 0 radical (unpaired) electrons. The fourth-order valence-corrected chi connectivity index (χ4v) is 3.66. The zero-order valence-electron chi connectivity index (χ0n) is 17.7. The van der Waals surface area contributed by atoms with Gasteiger partial charge in [-0.1, -0.05) is 36.4 Å². The van der Waals surface area contributed by atoms with E-state index < -0.39 is 6.10 Å². The third-order valence-corrected chi connectivity index (χ3v) is 5.13. The highest BCUT2D eigenvalue weighted by molar-refractivity contribution is 6.11. The Hall–Kier alpha value is -3.62. The van der Waals surface area contributed by atoms with Gasteiger partial charge in [0.1, 0.15) is 25.1 Å². The van der Waals surface area contributed by atoms with E-state index in [0.717, 1.165) is 10.8 Å². The van der Waals surface area contributed by atoms with Crippen molar-refractivity contribution in [1.82, 2.24) is 9.99 Å². The Bertz CT molecular complexity index is 1210. The van der Waals surface area contributed by atoms with Gasteiger partial charge < -0.3 is 24.6 Å². The molecule has 3 aromatic carbocycles. The van der Waals surface area contributed by atoms with Crippen LogP contribution in [0.15, 0.2) is 72.0 Å². The fraction of sp³-hybridized carbons (Fsp3) is 0.250. The molecule has 32 heavy (non-hydrogen) atoms. The largest absolute Gasteiger partial charge is 0.493 e. The van der Waals surface area contributed by atoms with Crippen LogP contribution in [0.4, 0.5) is 0 Å². The number of hydrogen-bond donors (Lipinski definition) is 2. The van der Waals surface area contributed by atoms with Gasteiger partial charge in [-0.2, -0.15) is 4.68 Å². The van der Waals surface area contributed by atoms with Crippen molar-refractivity contribution in [1.29, 1.82) is 0 Å². The minimum absolute atomic E-state index is 0.105. The van der Waals surface area contributed by atoms with Crippen molar-refractivity contribution in [2.24, 2.45) is 5.29 Å². The zero-order valence-corrected chi connectivity index (χ0v) is 17.7. The first-order valence-electron chi connectivity index (χ1n) is 10.4. The molecule has 1 aromatic heterocycles. The van der Waals surface area contributed by atoms with Gasteiger partial charge in [0.15, 0.2) is 11.5 Å². The molecule has 0 saturated carbocycles. The van der Waals surface area contributed by atoms with Crippen molar-refractivity contribution in [3.8, 4) is 17.2 Å². The third kappa shape index (κ3) is 4.51. The predicted octanol–water partition coefficient (Wildman–Crippen LogP) is 3.74. The maximum Gasteiger partial charge on any atom is 0.161 e. The highest BCUT2D eigenvalue weighted by Gasteiger charge is 2.15. The lowest BCUT2D eigenvalue weighted by molar-refractivity contribution is 0.106. The third-order valence-electron chi connectivity index (χ3n) is 5.13. The Balaban J connectivity index is 1.32. The van der Waals surface area contributed by atoms with Crippen LogP contribution in [0.5, 0.6) is 17.2 Å². The summed E-state index contributed by atoms with van der Waals surface area (Å²) < 4.78 is 18.2. The van der Waals surface area contributed by atoms with Gasteiger partial charge in [-0.25, -0.2) is 0 Å². The number of aliphatic hydroxyl groups is 1. The number of nitroso groups, excluding NO2 is 1. The lowest BCUT2D eigenvalue weighted by atomic mass is 10.1. The minimum atomic E-state index is -0.714. The molecule has 0 spiro atoms. The number of para-hydroxylation sites is 3. The summed E-state index contributed by atoms with van der Waals surface area (Å²) >= 11 is 0. The van der Waals surface area contributed by atoms with E-state index in [1.165, 1.54) is 4.68 Å². The molecule has 4 aromatic rings. The Kier molecular flexibility index (Phi) is 6.84. The average Bonchev–Trinajstić information content (AvgIpc) is 3.17. The Morgan fingerprint density at radius 3 is 2.47 bits per heavy atom. The molecule has 4 rings (SSSR count). The van der Waals surface area contributed by atoms with Crippen LogP contribution < -0.4 is 19.5 Å². The van der Waals surface area contributed by atoms with E-state index in [1.54, 1.807) is 13.2 Å². The molecule has 0 bridgehead atoms. The van der Waals surface area contributed by atoms with Crippen LogP contribution in [0.1, 0.15) is 0 Å². The molecule has 0 fully saturated rings. The highest BCUT2D eigenvalue weighted by atomic mass is 16.5. The van der Waals surface area contributed by atoms with Gasteiger partial charge in [0.05, 0.1) is 28.8 Å². The van der Waals surface area contributed by atoms with Crippen molar-refractivity contribution < 1.29 is 19.3 Å². The summed E-state index contributed by atoms with van der Waals surface area (Å²) in [6, 6.07) is 20.4. The molecular formula is C24H25N3O5. The second kappa shape index (κ2) is 10.1. The Morgan fingerprint density at radius 1 is 0.938 bits per heavy atom. The standard InChI is InChI=1S/C24H25N3O5/c1-30-21-10-4-5-11-22(21)31-14-13-25-15-17(28)16-32-23-12-6-9-20-24(23)18-7-2-3-8-19(18)27(20)26-29/h2-12,17,25,28H,13-16H2,1H3/t17-/m0/s1. The van der Waals surface area contributed by atoms with E-state index in [4.69, 9.17) is 14.2 Å². The Morgan fingerprint density at radius 2 is 1.66 bits per heavy atom. The Labute approximate surface area is 185 Å². The zero-order chi connectivity index (χ0) is 22.3. The van der Waals surface area contributed by atoms with Crippen LogP contribution in [0, 0.1) is 4.91 Å². The van der Waals surface area contributed by atoms with Crippen molar-refractivity contribution in [2.45, 2.75) is 6.10 Å². The molecule has 0 aliphatic heterocycles. The topological polar surface area (TPSA) is 94.3 Å². The molecule has 0 unspecified atom stereocenters. The first-order chi connectivity index (χ1) is 15.7. The number of hydrogen-bond acceptors (Lipinski definition) is 7. The maximum absolute atomic E-state index is 11.4. The monoisotopic (exact) mass is 435 g/mol. The number of fused-ring (bicyclic) bond motifs is 3. The van der Waals surface area contributed by atoms with Gasteiger partial charge in [0.2, 0.25) is 0 Å². The van der Waals surface area contributed by atoms with Gasteiger partial charge in [-0.05, 0) is 30.3 Å². The highest BCUT2D eigenvalue weighted by Crippen LogP contribution is 2.35. The lowest BCUT2D eigenvalue weighted by Crippen LogP contribution is -2.33. The molecule has 0 amide bonds. The predicted molar refractivity (Wildman–Crippen MR) is 123 cm³/mol. The number of aromatic nitrogens is 1. The number of rotatable bonds is 11. The van der Waals surface area contributed by atoms with Crippen LogP contribution in [-0.2, 0) is 0 Å². The van der Waals surface area contributed by atoms with Crippen LogP contribution in [0.2, 0.25) is 0 Å². The summed E-state index contributed by atoms with van der Waals surface area (Å²) in [5.41, 5.74) is 1.38. The number of ether oxygens (including phenoxy) is 3. The molecular weight excluding hydrogens is 410 g/mol. The van der Waals surface area contributed by atoms with Crippen molar-refractivity contribution in [3.05, 3.63) is 71.6 Å². The van der Waals surface area contributed by atoms with E-state index in [1.807, 2.05) is 60.7 Å². The van der Waals surface area contributed by atoms with Crippen molar-refractivity contribution in [3.63, 3.8) is 0 Å². The van der Waals surface area contributed by atoms with Gasteiger partial charge in [0.25, 0.3) is 0 Å². The quantitative estimate of drug-likeness (QED) is 0.275. The molecule has 0 aliphatic rings. The summed E-state index contributed by atoms with van der Waals surface area (Å²) in [5, 5.41) is 18.3. The molecule has 0 aliphatic carbocycles. The van der Waals surface area contributed by atoms with Gasteiger partial charge in [-0.15, -0.1) is 4.91 Å². The lowest BCUT2D eigenvalue weighted by Gasteiger charge is -2.15. The summed E-state index contributed by atoms with van der Waals surface area (Å²) in [7, 11) is 1.60. The minimum Gasteiger partial charge on any atom is -0.493 e. The SMILES string of the molecule is COc1ccccc1OCCNC[C@H](O)COc1cccc2c1c1ccccc1n2N=O. The number of methoxy groups -OCH3 is 1. The number of nitrogens with one attached hydrogen (secondary N) is 1. The number of benzene rings is 3. The van der Waals surface area contributed by atoms with E-state index in [-0.39, 0.29) is 6.61 Å². The van der Waals surface area contributed by atoms with Crippen molar-refractivity contribution >= 4 is 21.8 Å². The van der Waals surface area contributed by atoms with Crippen LogP contribution in [0.25, 0.3) is 21.8 Å². The first-order valence-corrected chi connectivity index (χ1v) is 10.4. The second-order valence-corrected chi connectivity index (χ2v) is 7.23. The van der Waals surface area contributed by atoms with Gasteiger partial charge >= 0.3 is 0 Å². The van der Waals surface area contributed by atoms with Crippen LogP contribution in [-0.4, -0.2) is 49.3 Å². The number of nitrogens with zero attached hydrogens (tertiary/aromatic N) is 2. The van der Waals surface area contributed by atoms with E-state index >= 15 is 0 Å². The molecule has 166 valence electrons. The molecule has 1 heterocycles. The molecule has 0 saturated heterocycles. The summed E-state index contributed by atoms with van der Waals surface area (Å²) in [6.45, 7) is 1.45. The normalized spacial score (nSPS) is 12.1. The fourth-order valence-electron chi connectivity index (χ4n) is 3.66. The molecule has 2 N–H and O–H groups in total. The van der Waals surface area contributed by atoms with E-state index in [9.17, 15) is 10.0 Å². The van der Waals surface area contributed by atoms with Gasteiger partial charge in [0, 0.05) is 18.5 Å². The van der Waals surface area contributed by atoms with Crippen molar-refractivity contribution in [2.75, 3.05) is 33.4 Å². The smallest absolute Gasteiger partial charge is 0.161 e. The summed E-state index contributed by atoms with van der Waals surface area (Å²) in [6.07, 6.45) is -0.714. The van der Waals surface area contributed by atoms with E-state index in [0.29, 0.717) is 48.0 Å². The summed E-state index contributed by atoms with van der Waals surface area (Å²) in [5.74, 6) is 1.96. The average molecular weight is 435 g/mol. The molecule has 1 atom stereocenters. The van der Waals surface area contributed by atoms with E-state index in [2.05, 4.69) is 10.6 Å². The molecule has 8 heteroatoms. The van der Waals surface area contributed by atoms with Crippen LogP contribution >= 0.6 is 0 Å². The summed E-state index contributed by atoms with van der Waals surface area (Å²) in [4.78, 5) is 11.4. The van der Waals surface area contributed by atoms with Crippen LogP contribution in [0.3, 0.4) is 0 Å². The number of aliphatic hydroxyl groups excluding tert-OH is 1. The maximum atomic E-state index is 11.4. The second-order valence-electron chi connectivity index (χ2n) is 7.23. The molecule has 8 nitrogen and oxygen atoms in total. The first kappa shape index (κ1) is 21.6.